The number of carbonyl (C=O) groups is 2. The first-order valence-corrected chi connectivity index (χ1v) is 27.6. The minimum absolute atomic E-state index is 0.0757. The fraction of sp³-hybridized carbons (Fsp3) is 0.709. The molecule has 0 saturated carbocycles. The highest BCUT2D eigenvalue weighted by molar-refractivity contribution is 7.47. The van der Waals surface area contributed by atoms with Gasteiger partial charge in [0.25, 0.3) is 0 Å². The van der Waals surface area contributed by atoms with Crippen molar-refractivity contribution in [2.75, 3.05) is 26.4 Å². The predicted octanol–water partition coefficient (Wildman–Crippen LogP) is 15.6. The number of esters is 1. The zero-order valence-electron chi connectivity index (χ0n) is 41.4. The number of aliphatic hydroxyl groups is 1. The number of nitrogens with one attached hydrogen (secondary N) is 1. The van der Waals surface area contributed by atoms with E-state index in [0.717, 1.165) is 89.9 Å². The smallest absolute Gasteiger partial charge is 0.463 e. The van der Waals surface area contributed by atoms with Gasteiger partial charge in [0.1, 0.15) is 12.7 Å². The number of hydrogen-bond donors (Lipinski definition) is 3. The summed E-state index contributed by atoms with van der Waals surface area (Å²) in [6, 6.07) is 0. The number of carbonyl (C=O) groups excluding carboxylic acids is 2. The standard InChI is InChI=1S/C55H96NO8P/c1-3-5-7-9-11-13-15-17-19-21-23-25-26-28-30-32-34-36-38-40-42-44-46-48-55(59)62-51-53(57)52-64-65(60,61)63-50-49-56-54(58)47-45-43-41-39-37-35-33-31-29-27-24-22-20-18-16-14-12-10-8-6-4-2/h5,7,11-14,17-20,23,25,28,30,53,57H,3-4,6,8-10,15-16,21-22,24,26-27,29,31-52H2,1-2H3,(H,56,58)(H,60,61)/b7-5-,13-11-,14-12-,19-17-,20-18-,25-23-,30-28-. The maximum absolute atomic E-state index is 12.2. The average molecular weight is 930 g/mol. The molecule has 0 aromatic heterocycles. The van der Waals surface area contributed by atoms with Crippen molar-refractivity contribution < 1.29 is 37.9 Å². The molecular formula is C55H96NO8P. The van der Waals surface area contributed by atoms with Crippen LogP contribution in [0.4, 0.5) is 0 Å². The fourth-order valence-electron chi connectivity index (χ4n) is 6.91. The van der Waals surface area contributed by atoms with Crippen molar-refractivity contribution in [3.8, 4) is 0 Å². The Kier molecular flexibility index (Phi) is 48.4. The summed E-state index contributed by atoms with van der Waals surface area (Å²) < 4.78 is 27.0. The Bertz CT molecular complexity index is 1340. The largest absolute Gasteiger partial charge is 0.472 e. The molecule has 0 fully saturated rings. The van der Waals surface area contributed by atoms with Crippen LogP contribution in [0.1, 0.15) is 219 Å². The quantitative estimate of drug-likeness (QED) is 0.0238. The van der Waals surface area contributed by atoms with E-state index in [9.17, 15) is 24.2 Å². The van der Waals surface area contributed by atoms with E-state index in [1.165, 1.54) is 103 Å². The molecule has 65 heavy (non-hydrogen) atoms. The Hall–Kier alpha value is -2.81. The lowest BCUT2D eigenvalue weighted by Gasteiger charge is -2.15. The van der Waals surface area contributed by atoms with Crippen LogP contribution in [0.2, 0.25) is 0 Å². The molecule has 0 saturated heterocycles. The van der Waals surface area contributed by atoms with Crippen LogP contribution in [0.25, 0.3) is 0 Å². The number of unbranched alkanes of at least 4 members (excludes halogenated alkanes) is 21. The van der Waals surface area contributed by atoms with Crippen molar-refractivity contribution in [2.45, 2.75) is 225 Å². The van der Waals surface area contributed by atoms with Gasteiger partial charge in [-0.25, -0.2) is 4.57 Å². The second-order valence-electron chi connectivity index (χ2n) is 17.1. The van der Waals surface area contributed by atoms with E-state index in [1.807, 2.05) is 0 Å². The molecule has 2 atom stereocenters. The third-order valence-electron chi connectivity index (χ3n) is 10.8. The number of aliphatic hydroxyl groups excluding tert-OH is 1. The molecule has 9 nitrogen and oxygen atoms in total. The minimum atomic E-state index is -4.43. The summed E-state index contributed by atoms with van der Waals surface area (Å²) in [6.07, 6.45) is 65.2. The first-order valence-electron chi connectivity index (χ1n) is 26.1. The molecule has 3 N–H and O–H groups in total. The number of amides is 1. The van der Waals surface area contributed by atoms with E-state index >= 15 is 0 Å². The summed E-state index contributed by atoms with van der Waals surface area (Å²) in [5, 5.41) is 12.8. The van der Waals surface area contributed by atoms with Crippen LogP contribution in [0.15, 0.2) is 85.1 Å². The number of phosphoric ester groups is 1. The van der Waals surface area contributed by atoms with Gasteiger partial charge >= 0.3 is 13.8 Å². The van der Waals surface area contributed by atoms with Crippen LogP contribution in [-0.2, 0) is 27.9 Å². The molecule has 0 aromatic rings. The molecule has 0 aromatic carbocycles. The first-order chi connectivity index (χ1) is 31.8. The highest BCUT2D eigenvalue weighted by atomic mass is 31.2. The van der Waals surface area contributed by atoms with Crippen molar-refractivity contribution in [3.05, 3.63) is 85.1 Å². The normalized spacial score (nSPS) is 13.8. The summed E-state index contributed by atoms with van der Waals surface area (Å²) >= 11 is 0. The maximum Gasteiger partial charge on any atom is 0.472 e. The highest BCUT2D eigenvalue weighted by Crippen LogP contribution is 2.42. The van der Waals surface area contributed by atoms with E-state index in [1.54, 1.807) is 0 Å². The first kappa shape index (κ1) is 62.2. The lowest BCUT2D eigenvalue weighted by atomic mass is 10.0. The third-order valence-corrected chi connectivity index (χ3v) is 11.8. The Morgan fingerprint density at radius 3 is 1.32 bits per heavy atom. The van der Waals surface area contributed by atoms with Gasteiger partial charge in [-0.2, -0.15) is 0 Å². The summed E-state index contributed by atoms with van der Waals surface area (Å²) in [7, 11) is -4.43. The topological polar surface area (TPSA) is 131 Å². The molecule has 10 heteroatoms. The molecule has 0 aliphatic rings. The number of phosphoric acid groups is 1. The van der Waals surface area contributed by atoms with Gasteiger partial charge < -0.3 is 20.1 Å². The van der Waals surface area contributed by atoms with Crippen LogP contribution in [-0.4, -0.2) is 54.3 Å². The molecular weight excluding hydrogens is 834 g/mol. The lowest BCUT2D eigenvalue weighted by Crippen LogP contribution is -2.27. The lowest BCUT2D eigenvalue weighted by molar-refractivity contribution is -0.147. The van der Waals surface area contributed by atoms with Gasteiger partial charge in [-0.1, -0.05) is 202 Å². The van der Waals surface area contributed by atoms with Crippen LogP contribution >= 0.6 is 7.82 Å². The minimum Gasteiger partial charge on any atom is -0.463 e. The highest BCUT2D eigenvalue weighted by Gasteiger charge is 2.23. The molecule has 1 amide bonds. The molecule has 0 aliphatic heterocycles. The third kappa shape index (κ3) is 52.0. The molecule has 0 heterocycles. The molecule has 0 radical (unpaired) electrons. The van der Waals surface area contributed by atoms with E-state index in [0.29, 0.717) is 6.42 Å². The molecule has 0 bridgehead atoms. The van der Waals surface area contributed by atoms with Gasteiger partial charge in [0.2, 0.25) is 5.91 Å². The Morgan fingerprint density at radius 2 is 0.877 bits per heavy atom. The molecule has 2 unspecified atom stereocenters. The van der Waals surface area contributed by atoms with Crippen LogP contribution in [0, 0.1) is 0 Å². The monoisotopic (exact) mass is 930 g/mol. The van der Waals surface area contributed by atoms with Crippen molar-refractivity contribution in [1.29, 1.82) is 0 Å². The summed E-state index contributed by atoms with van der Waals surface area (Å²) in [5.41, 5.74) is 0. The van der Waals surface area contributed by atoms with Crippen LogP contribution in [0.5, 0.6) is 0 Å². The second-order valence-corrected chi connectivity index (χ2v) is 18.6. The van der Waals surface area contributed by atoms with Crippen LogP contribution in [0.3, 0.4) is 0 Å². The Morgan fingerprint density at radius 1 is 0.492 bits per heavy atom. The Balaban J connectivity index is 3.60. The van der Waals surface area contributed by atoms with Gasteiger partial charge in [0.15, 0.2) is 0 Å². The van der Waals surface area contributed by atoms with Gasteiger partial charge in [0.05, 0.1) is 13.2 Å². The number of rotatable bonds is 48. The average Bonchev–Trinajstić information content (AvgIpc) is 3.29. The Labute approximate surface area is 398 Å². The van der Waals surface area contributed by atoms with Crippen molar-refractivity contribution in [2.24, 2.45) is 0 Å². The van der Waals surface area contributed by atoms with Crippen molar-refractivity contribution in [1.82, 2.24) is 5.32 Å². The van der Waals surface area contributed by atoms with Gasteiger partial charge in [-0.05, 0) is 89.9 Å². The van der Waals surface area contributed by atoms with Crippen molar-refractivity contribution in [3.63, 3.8) is 0 Å². The molecule has 0 spiro atoms. The predicted molar refractivity (Wildman–Crippen MR) is 275 cm³/mol. The van der Waals surface area contributed by atoms with Gasteiger partial charge in [-0.3, -0.25) is 18.6 Å². The summed E-state index contributed by atoms with van der Waals surface area (Å²) in [5.74, 6) is -0.531. The number of ether oxygens (including phenoxy) is 1. The van der Waals surface area contributed by atoms with Crippen molar-refractivity contribution >= 4 is 19.7 Å². The van der Waals surface area contributed by atoms with E-state index in [4.69, 9.17) is 13.8 Å². The molecule has 0 aliphatic carbocycles. The molecule has 374 valence electrons. The summed E-state index contributed by atoms with van der Waals surface area (Å²) in [4.78, 5) is 34.1. The van der Waals surface area contributed by atoms with E-state index in [-0.39, 0.29) is 32.1 Å². The van der Waals surface area contributed by atoms with E-state index < -0.39 is 26.5 Å². The SMILES string of the molecule is CC/C=C\C/C=C\C/C=C\C/C=C\C/C=C\CCCCCCCCCC(=O)OCC(O)COP(=O)(O)OCCNC(=O)CCCCCCCCCCCCC/C=C\C/C=C\CCCCC. The van der Waals surface area contributed by atoms with Gasteiger partial charge in [0, 0.05) is 19.4 Å². The second kappa shape index (κ2) is 50.6. The maximum atomic E-state index is 12.2. The van der Waals surface area contributed by atoms with Crippen LogP contribution < -0.4 is 5.32 Å². The number of hydrogen-bond acceptors (Lipinski definition) is 7. The van der Waals surface area contributed by atoms with Gasteiger partial charge in [-0.15, -0.1) is 0 Å². The fourth-order valence-corrected chi connectivity index (χ4v) is 7.67. The summed E-state index contributed by atoms with van der Waals surface area (Å²) in [6.45, 7) is 3.41. The number of allylic oxidation sites excluding steroid dienone is 14. The van der Waals surface area contributed by atoms with E-state index in [2.05, 4.69) is 104 Å². The molecule has 0 rings (SSSR count). The zero-order chi connectivity index (χ0) is 47.4. The zero-order valence-corrected chi connectivity index (χ0v) is 42.3.